The summed E-state index contributed by atoms with van der Waals surface area (Å²) in [7, 11) is 5.36. The van der Waals surface area contributed by atoms with Crippen molar-refractivity contribution in [2.24, 2.45) is 12.0 Å². The molecule has 2 N–H and O–H groups in total. The number of nitrogens with one attached hydrogen (secondary N) is 2. The summed E-state index contributed by atoms with van der Waals surface area (Å²) in [6.45, 7) is 5.57. The molecule has 4 unspecified atom stereocenters. The Morgan fingerprint density at radius 2 is 2.18 bits per heavy atom. The lowest BCUT2D eigenvalue weighted by atomic mass is 9.95. The number of hydrogen-bond acceptors (Lipinski definition) is 4. The van der Waals surface area contributed by atoms with Crippen molar-refractivity contribution in [3.05, 3.63) is 18.0 Å². The van der Waals surface area contributed by atoms with Crippen LogP contribution < -0.4 is 10.6 Å². The molecule has 1 aliphatic carbocycles. The van der Waals surface area contributed by atoms with E-state index < -0.39 is 10.8 Å². The van der Waals surface area contributed by atoms with Gasteiger partial charge in [-0.05, 0) is 40.3 Å². The molecule has 1 aromatic heterocycles. The zero-order chi connectivity index (χ0) is 19.8. The van der Waals surface area contributed by atoms with Gasteiger partial charge in [0.1, 0.15) is 0 Å². The van der Waals surface area contributed by atoms with Gasteiger partial charge in [0.05, 0.1) is 18.8 Å². The molecule has 0 saturated heterocycles. The van der Waals surface area contributed by atoms with E-state index in [1.807, 2.05) is 31.0 Å². The van der Waals surface area contributed by atoms with E-state index in [2.05, 4.69) is 41.7 Å². The second-order valence-electron chi connectivity index (χ2n) is 7.45. The molecule has 1 fully saturated rings. The smallest absolute Gasteiger partial charge is 0.191 e. The quantitative estimate of drug-likeness (QED) is 0.310. The molecule has 7 nitrogen and oxygen atoms in total. The van der Waals surface area contributed by atoms with Gasteiger partial charge in [0.2, 0.25) is 0 Å². The van der Waals surface area contributed by atoms with Gasteiger partial charge in [-0.1, -0.05) is 13.3 Å². The minimum Gasteiger partial charge on any atom is -0.357 e. The van der Waals surface area contributed by atoms with E-state index in [0.29, 0.717) is 17.8 Å². The molecule has 0 amide bonds. The Bertz CT molecular complexity index is 636. The van der Waals surface area contributed by atoms with Gasteiger partial charge >= 0.3 is 0 Å². The fourth-order valence-corrected chi connectivity index (χ4v) is 4.97. The van der Waals surface area contributed by atoms with Gasteiger partial charge in [0.15, 0.2) is 5.96 Å². The number of likely N-dealkylation sites (N-methyl/N-ethyl adjacent to an activating group) is 1. The second kappa shape index (κ2) is 12.8. The minimum absolute atomic E-state index is 0. The number of aromatic nitrogens is 2. The maximum atomic E-state index is 12.2. The Kier molecular flexibility index (Phi) is 11.6. The number of aliphatic imine (C=N–C) groups is 1. The van der Waals surface area contributed by atoms with Gasteiger partial charge in [-0.3, -0.25) is 13.9 Å². The van der Waals surface area contributed by atoms with Gasteiger partial charge in [-0.15, -0.1) is 24.0 Å². The van der Waals surface area contributed by atoms with Gasteiger partial charge in [0.25, 0.3) is 0 Å². The Hall–Kier alpha value is -0.680. The van der Waals surface area contributed by atoms with Gasteiger partial charge in [-0.25, -0.2) is 0 Å². The van der Waals surface area contributed by atoms with E-state index in [9.17, 15) is 4.21 Å². The molecule has 0 bridgehead atoms. The largest absolute Gasteiger partial charge is 0.357 e. The monoisotopic (exact) mass is 524 g/mol. The molecule has 162 valence electrons. The average molecular weight is 525 g/mol. The SMILES string of the molecule is CCNC(=NCC(c1cnn(C)c1)N(C)C)NC1CCCC(S(=O)CC)C1.I. The third-order valence-electron chi connectivity index (χ3n) is 5.12. The van der Waals surface area contributed by atoms with E-state index in [4.69, 9.17) is 4.99 Å². The summed E-state index contributed by atoms with van der Waals surface area (Å²) in [4.78, 5) is 7.02. The van der Waals surface area contributed by atoms with Crippen LogP contribution in [0.2, 0.25) is 0 Å². The summed E-state index contributed by atoms with van der Waals surface area (Å²) >= 11 is 0. The van der Waals surface area contributed by atoms with Crippen LogP contribution >= 0.6 is 24.0 Å². The first kappa shape index (κ1) is 25.4. The molecule has 1 aliphatic rings. The Morgan fingerprint density at radius 3 is 2.75 bits per heavy atom. The van der Waals surface area contributed by atoms with Gasteiger partial charge in [0, 0.05) is 53.2 Å². The predicted molar refractivity (Wildman–Crippen MR) is 129 cm³/mol. The van der Waals surface area contributed by atoms with E-state index in [0.717, 1.165) is 49.5 Å². The van der Waals surface area contributed by atoms with Crippen molar-refractivity contribution in [1.29, 1.82) is 0 Å². The zero-order valence-corrected chi connectivity index (χ0v) is 21.0. The molecule has 1 saturated carbocycles. The van der Waals surface area contributed by atoms with Gasteiger partial charge < -0.3 is 15.5 Å². The van der Waals surface area contributed by atoms with Crippen LogP contribution in [0.4, 0.5) is 0 Å². The molecule has 0 radical (unpaired) electrons. The standard InChI is InChI=1S/C19H36N6OS.HI/c1-6-20-19(23-16-9-8-10-17(11-16)27(26)7-2)21-13-18(24(3)4)15-12-22-25(5)14-15;/h12,14,16-18H,6-11,13H2,1-5H3,(H2,20,21,23);1H. The summed E-state index contributed by atoms with van der Waals surface area (Å²) in [6.07, 6.45) is 8.24. The highest BCUT2D eigenvalue weighted by Crippen LogP contribution is 2.23. The van der Waals surface area contributed by atoms with E-state index in [-0.39, 0.29) is 30.0 Å². The summed E-state index contributed by atoms with van der Waals surface area (Å²) in [6, 6.07) is 0.522. The first-order valence-electron chi connectivity index (χ1n) is 10.0. The highest BCUT2D eigenvalue weighted by molar-refractivity contribution is 14.0. The minimum atomic E-state index is -0.709. The van der Waals surface area contributed by atoms with Crippen LogP contribution in [0.5, 0.6) is 0 Å². The molecule has 0 aromatic carbocycles. The van der Waals surface area contributed by atoms with Crippen LogP contribution in [0.1, 0.15) is 51.1 Å². The zero-order valence-electron chi connectivity index (χ0n) is 17.9. The maximum Gasteiger partial charge on any atom is 0.191 e. The summed E-state index contributed by atoms with van der Waals surface area (Å²) in [5, 5.41) is 11.5. The molecule has 2 rings (SSSR count). The first-order valence-corrected chi connectivity index (χ1v) is 11.4. The number of aryl methyl sites for hydroxylation is 1. The van der Waals surface area contributed by atoms with Gasteiger partial charge in [-0.2, -0.15) is 5.10 Å². The lowest BCUT2D eigenvalue weighted by molar-refractivity contribution is 0.306. The number of hydrogen-bond donors (Lipinski definition) is 2. The number of halogens is 1. The number of guanidine groups is 1. The summed E-state index contributed by atoms with van der Waals surface area (Å²) in [5.74, 6) is 1.60. The van der Waals surface area contributed by atoms with Crippen molar-refractivity contribution in [2.45, 2.75) is 56.9 Å². The van der Waals surface area contributed by atoms with Crippen LogP contribution in [-0.4, -0.2) is 69.1 Å². The average Bonchev–Trinajstić information content (AvgIpc) is 3.07. The Labute approximate surface area is 189 Å². The van der Waals surface area contributed by atoms with Crippen molar-refractivity contribution in [1.82, 2.24) is 25.3 Å². The third-order valence-corrected chi connectivity index (χ3v) is 6.86. The third kappa shape index (κ3) is 7.62. The molecule has 9 heteroatoms. The molecular formula is C19H37IN6OS. The topological polar surface area (TPSA) is 74.6 Å². The molecule has 4 atom stereocenters. The maximum absolute atomic E-state index is 12.2. The highest BCUT2D eigenvalue weighted by Gasteiger charge is 2.26. The van der Waals surface area contributed by atoms with Crippen molar-refractivity contribution in [3.63, 3.8) is 0 Å². The van der Waals surface area contributed by atoms with Crippen LogP contribution in [0.3, 0.4) is 0 Å². The van der Waals surface area contributed by atoms with Crippen molar-refractivity contribution in [3.8, 4) is 0 Å². The Morgan fingerprint density at radius 1 is 1.43 bits per heavy atom. The fourth-order valence-electron chi connectivity index (χ4n) is 3.62. The molecule has 1 heterocycles. The van der Waals surface area contributed by atoms with Crippen LogP contribution in [0.15, 0.2) is 17.4 Å². The van der Waals surface area contributed by atoms with Crippen LogP contribution in [0.25, 0.3) is 0 Å². The second-order valence-corrected chi connectivity index (χ2v) is 9.45. The van der Waals surface area contributed by atoms with Crippen LogP contribution in [-0.2, 0) is 17.8 Å². The van der Waals surface area contributed by atoms with E-state index in [1.54, 1.807) is 0 Å². The van der Waals surface area contributed by atoms with Crippen molar-refractivity contribution in [2.75, 3.05) is 32.9 Å². The number of rotatable bonds is 8. The highest BCUT2D eigenvalue weighted by atomic mass is 127. The molecule has 0 spiro atoms. The normalized spacial score (nSPS) is 22.4. The van der Waals surface area contributed by atoms with Crippen molar-refractivity contribution >= 4 is 40.7 Å². The van der Waals surface area contributed by atoms with E-state index in [1.165, 1.54) is 0 Å². The summed E-state index contributed by atoms with van der Waals surface area (Å²) in [5.41, 5.74) is 1.16. The lowest BCUT2D eigenvalue weighted by Gasteiger charge is -2.30. The van der Waals surface area contributed by atoms with Crippen LogP contribution in [0, 0.1) is 0 Å². The van der Waals surface area contributed by atoms with E-state index >= 15 is 0 Å². The molecule has 1 aromatic rings. The van der Waals surface area contributed by atoms with Crippen molar-refractivity contribution < 1.29 is 4.21 Å². The molecule has 0 aliphatic heterocycles. The summed E-state index contributed by atoms with van der Waals surface area (Å²) < 4.78 is 14.0. The fraction of sp³-hybridized carbons (Fsp3) is 0.789. The molecular weight excluding hydrogens is 487 g/mol. The number of nitrogens with zero attached hydrogens (tertiary/aromatic N) is 4. The lowest BCUT2D eigenvalue weighted by Crippen LogP contribution is -2.47. The first-order chi connectivity index (χ1) is 12.9. The predicted octanol–water partition coefficient (Wildman–Crippen LogP) is 2.28. The Balaban J connectivity index is 0.00000392. The molecule has 28 heavy (non-hydrogen) atoms.